The fourth-order valence-corrected chi connectivity index (χ4v) is 1.86. The highest BCUT2D eigenvalue weighted by Gasteiger charge is 2.08. The molecule has 3 nitrogen and oxygen atoms in total. The van der Waals surface area contributed by atoms with Crippen LogP contribution in [0.4, 0.5) is 5.69 Å². The Bertz CT molecular complexity index is 343. The first kappa shape index (κ1) is 18.9. The monoisotopic (exact) mass is 295 g/mol. The standard InChI is InChI=1S/C8H11N.C6H12N2S.C2H6/c1-7-3-5-8(9-2)6-4-7;1-7-2-4-8(6-9)5-3-7;1-2/h3-6,9H,1-2H3;6H,2-5H2,1H3;1-2H3. The Morgan fingerprint density at radius 2 is 1.55 bits per heavy atom. The van der Waals surface area contributed by atoms with E-state index in [1.54, 1.807) is 5.49 Å². The van der Waals surface area contributed by atoms with E-state index in [9.17, 15) is 0 Å². The number of anilines is 1. The molecule has 0 amide bonds. The summed E-state index contributed by atoms with van der Waals surface area (Å²) in [6.45, 7) is 10.6. The van der Waals surface area contributed by atoms with Gasteiger partial charge >= 0.3 is 0 Å². The van der Waals surface area contributed by atoms with Crippen molar-refractivity contribution in [1.29, 1.82) is 0 Å². The Balaban J connectivity index is 0.000000321. The van der Waals surface area contributed by atoms with E-state index in [1.807, 2.05) is 20.9 Å². The third-order valence-electron chi connectivity index (χ3n) is 3.03. The molecule has 1 heterocycles. The Hall–Kier alpha value is -1.13. The van der Waals surface area contributed by atoms with Crippen molar-refractivity contribution in [2.45, 2.75) is 20.8 Å². The Labute approximate surface area is 130 Å². The first-order valence-corrected chi connectivity index (χ1v) is 7.75. The number of hydrogen-bond acceptors (Lipinski definition) is 3. The summed E-state index contributed by atoms with van der Waals surface area (Å²) >= 11 is 4.79. The van der Waals surface area contributed by atoms with Gasteiger partial charge in [0.2, 0.25) is 0 Å². The van der Waals surface area contributed by atoms with Gasteiger partial charge in [0.25, 0.3) is 0 Å². The second kappa shape index (κ2) is 11.7. The second-order valence-electron chi connectivity index (χ2n) is 4.56. The van der Waals surface area contributed by atoms with Crippen LogP contribution >= 0.6 is 12.2 Å². The van der Waals surface area contributed by atoms with Crippen molar-refractivity contribution in [1.82, 2.24) is 9.80 Å². The minimum absolute atomic E-state index is 1.10. The molecule has 4 heteroatoms. The summed E-state index contributed by atoms with van der Waals surface area (Å²) in [6, 6.07) is 8.31. The highest BCUT2D eigenvalue weighted by molar-refractivity contribution is 7.78. The van der Waals surface area contributed by atoms with Crippen molar-refractivity contribution in [3.63, 3.8) is 0 Å². The van der Waals surface area contributed by atoms with E-state index in [1.165, 1.54) is 11.3 Å². The first-order chi connectivity index (χ1) is 9.65. The molecular formula is C16H29N3S. The molecule has 0 aliphatic carbocycles. The third-order valence-corrected chi connectivity index (χ3v) is 3.33. The molecule has 1 aliphatic heterocycles. The van der Waals surface area contributed by atoms with Gasteiger partial charge in [-0.25, -0.2) is 0 Å². The molecule has 0 unspecified atom stereocenters. The number of nitrogens with zero attached hydrogens (tertiary/aromatic N) is 2. The van der Waals surface area contributed by atoms with Crippen LogP contribution in [0.15, 0.2) is 24.3 Å². The fraction of sp³-hybridized carbons (Fsp3) is 0.562. The van der Waals surface area contributed by atoms with Crippen molar-refractivity contribution in [2.24, 2.45) is 0 Å². The number of likely N-dealkylation sites (N-methyl/N-ethyl adjacent to an activating group) is 1. The Kier molecular flexibility index (Phi) is 11.0. The predicted octanol–water partition coefficient (Wildman–Crippen LogP) is 3.25. The highest BCUT2D eigenvalue weighted by atomic mass is 32.1. The van der Waals surface area contributed by atoms with E-state index in [-0.39, 0.29) is 0 Å². The molecule has 1 aromatic rings. The first-order valence-electron chi connectivity index (χ1n) is 7.28. The van der Waals surface area contributed by atoms with Crippen LogP contribution in [0.3, 0.4) is 0 Å². The number of thiocarbonyl (C=S) groups is 1. The number of benzene rings is 1. The minimum atomic E-state index is 1.10. The van der Waals surface area contributed by atoms with E-state index < -0.39 is 0 Å². The van der Waals surface area contributed by atoms with Crippen LogP contribution < -0.4 is 5.32 Å². The third kappa shape index (κ3) is 8.12. The molecule has 0 radical (unpaired) electrons. The normalized spacial score (nSPS) is 14.3. The van der Waals surface area contributed by atoms with Gasteiger partial charge < -0.3 is 15.1 Å². The zero-order valence-corrected chi connectivity index (χ0v) is 14.3. The van der Waals surface area contributed by atoms with Crippen molar-refractivity contribution in [3.05, 3.63) is 29.8 Å². The maximum atomic E-state index is 4.79. The summed E-state index contributed by atoms with van der Waals surface area (Å²) in [5.41, 5.74) is 4.22. The predicted molar refractivity (Wildman–Crippen MR) is 94.8 cm³/mol. The fourth-order valence-electron chi connectivity index (χ4n) is 1.65. The number of nitrogens with one attached hydrogen (secondary N) is 1. The van der Waals surface area contributed by atoms with Gasteiger partial charge in [0.05, 0.1) is 5.49 Å². The van der Waals surface area contributed by atoms with Gasteiger partial charge in [0, 0.05) is 38.9 Å². The van der Waals surface area contributed by atoms with Crippen LogP contribution in [-0.2, 0) is 0 Å². The summed E-state index contributed by atoms with van der Waals surface area (Å²) < 4.78 is 0. The molecule has 1 aromatic carbocycles. The van der Waals surface area contributed by atoms with E-state index in [2.05, 4.69) is 53.4 Å². The molecule has 1 N–H and O–H groups in total. The summed E-state index contributed by atoms with van der Waals surface area (Å²) in [5.74, 6) is 0. The lowest BCUT2D eigenvalue weighted by atomic mass is 10.2. The van der Waals surface area contributed by atoms with Gasteiger partial charge in [-0.15, -0.1) is 0 Å². The zero-order valence-electron chi connectivity index (χ0n) is 13.5. The van der Waals surface area contributed by atoms with E-state index in [0.717, 1.165) is 26.2 Å². The SMILES string of the molecule is CC.CN1CCN(C=S)CC1.CNc1ccc(C)cc1. The summed E-state index contributed by atoms with van der Waals surface area (Å²) in [4.78, 5) is 4.49. The Morgan fingerprint density at radius 1 is 1.05 bits per heavy atom. The average Bonchev–Trinajstić information content (AvgIpc) is 2.51. The van der Waals surface area contributed by atoms with Crippen molar-refractivity contribution in [3.8, 4) is 0 Å². The lowest BCUT2D eigenvalue weighted by molar-refractivity contribution is 0.221. The lowest BCUT2D eigenvalue weighted by Crippen LogP contribution is -2.43. The van der Waals surface area contributed by atoms with Crippen molar-refractivity contribution < 1.29 is 0 Å². The van der Waals surface area contributed by atoms with Gasteiger partial charge in [-0.3, -0.25) is 0 Å². The average molecular weight is 295 g/mol. The molecule has 0 saturated carbocycles. The van der Waals surface area contributed by atoms with Crippen molar-refractivity contribution in [2.75, 3.05) is 45.6 Å². The molecule has 0 aromatic heterocycles. The van der Waals surface area contributed by atoms with Gasteiger partial charge in [0.15, 0.2) is 0 Å². The molecule has 1 aliphatic rings. The number of piperazine rings is 1. The van der Waals surface area contributed by atoms with Crippen molar-refractivity contribution >= 4 is 23.4 Å². The molecular weight excluding hydrogens is 266 g/mol. The maximum absolute atomic E-state index is 4.79. The number of rotatable bonds is 2. The summed E-state index contributed by atoms with van der Waals surface area (Å²) in [7, 11) is 4.06. The second-order valence-corrected chi connectivity index (χ2v) is 4.77. The Morgan fingerprint density at radius 3 is 1.95 bits per heavy atom. The molecule has 114 valence electrons. The van der Waals surface area contributed by atoms with E-state index in [4.69, 9.17) is 12.2 Å². The molecule has 20 heavy (non-hydrogen) atoms. The summed E-state index contributed by atoms with van der Waals surface area (Å²) in [5, 5.41) is 3.05. The van der Waals surface area contributed by atoms with E-state index in [0.29, 0.717) is 0 Å². The minimum Gasteiger partial charge on any atom is -0.388 e. The quantitative estimate of drug-likeness (QED) is 0.844. The largest absolute Gasteiger partial charge is 0.388 e. The zero-order chi connectivity index (χ0) is 15.4. The molecule has 1 saturated heterocycles. The lowest BCUT2D eigenvalue weighted by Gasteiger charge is -2.30. The van der Waals surface area contributed by atoms with Crippen LogP contribution in [-0.4, -0.2) is 55.6 Å². The molecule has 0 atom stereocenters. The maximum Gasteiger partial charge on any atom is 0.0641 e. The van der Waals surface area contributed by atoms with E-state index >= 15 is 0 Å². The number of hydrogen-bond donors (Lipinski definition) is 1. The van der Waals surface area contributed by atoms with Crippen LogP contribution in [0, 0.1) is 6.92 Å². The van der Waals surface area contributed by atoms with Crippen LogP contribution in [0.25, 0.3) is 0 Å². The smallest absolute Gasteiger partial charge is 0.0641 e. The highest BCUT2D eigenvalue weighted by Crippen LogP contribution is 2.06. The van der Waals surface area contributed by atoms with Gasteiger partial charge in [-0.1, -0.05) is 43.8 Å². The van der Waals surface area contributed by atoms with Crippen LogP contribution in [0.5, 0.6) is 0 Å². The molecule has 0 spiro atoms. The summed E-state index contributed by atoms with van der Waals surface area (Å²) in [6.07, 6.45) is 0. The van der Waals surface area contributed by atoms with Crippen LogP contribution in [0.1, 0.15) is 19.4 Å². The van der Waals surface area contributed by atoms with Crippen LogP contribution in [0.2, 0.25) is 0 Å². The molecule has 0 bridgehead atoms. The number of aryl methyl sites for hydroxylation is 1. The van der Waals surface area contributed by atoms with Gasteiger partial charge in [-0.2, -0.15) is 0 Å². The molecule has 1 fully saturated rings. The van der Waals surface area contributed by atoms with Gasteiger partial charge in [0.1, 0.15) is 0 Å². The van der Waals surface area contributed by atoms with Gasteiger partial charge in [-0.05, 0) is 26.1 Å². The molecule has 2 rings (SSSR count). The topological polar surface area (TPSA) is 18.5 Å².